The average molecular weight is 473 g/mol. The van der Waals surface area contributed by atoms with E-state index in [-0.39, 0.29) is 16.7 Å². The van der Waals surface area contributed by atoms with Crippen LogP contribution in [0, 0.1) is 22.2 Å². The number of carbonyl (C=O) groups excluding carboxylic acids is 1. The van der Waals surface area contributed by atoms with E-state index in [2.05, 4.69) is 23.9 Å². The minimum absolute atomic E-state index is 0.0719. The van der Waals surface area contributed by atoms with Crippen LogP contribution in [0.4, 0.5) is 10.1 Å². The fraction of sp³-hybridized carbons (Fsp3) is 0.621. The van der Waals surface area contributed by atoms with E-state index in [1.54, 1.807) is 6.07 Å². The number of hydrogen-bond donors (Lipinski definition) is 0. The number of carbonyl (C=O) groups is 1. The van der Waals surface area contributed by atoms with Crippen LogP contribution in [0.5, 0.6) is 0 Å². The third-order valence-electron chi connectivity index (χ3n) is 10.3. The molecule has 0 unspecified atom stereocenters. The van der Waals surface area contributed by atoms with Crippen LogP contribution in [-0.4, -0.2) is 27.9 Å². The van der Waals surface area contributed by atoms with Crippen molar-refractivity contribution in [3.63, 3.8) is 0 Å². The Balaban J connectivity index is 1.14. The van der Waals surface area contributed by atoms with Crippen LogP contribution in [0.25, 0.3) is 0 Å². The lowest BCUT2D eigenvalue weighted by Gasteiger charge is -2.65. The largest absolute Gasteiger partial charge is 0.311 e. The third kappa shape index (κ3) is 3.16. The molecule has 1 aromatic heterocycles. The van der Waals surface area contributed by atoms with E-state index in [9.17, 15) is 14.4 Å². The van der Waals surface area contributed by atoms with Crippen molar-refractivity contribution in [1.29, 1.82) is 5.26 Å². The number of hydrogen-bond acceptors (Lipinski definition) is 3. The molecule has 7 fully saturated rings. The molecular formula is C29H33FN4O. The molecular weight excluding hydrogens is 439 g/mol. The molecule has 0 saturated heterocycles. The Morgan fingerprint density at radius 3 is 2.43 bits per heavy atom. The van der Waals surface area contributed by atoms with Crippen molar-refractivity contribution in [3.05, 3.63) is 47.3 Å². The second-order valence-electron chi connectivity index (χ2n) is 12.6. The van der Waals surface area contributed by atoms with E-state index in [4.69, 9.17) is 5.10 Å². The van der Waals surface area contributed by atoms with Gasteiger partial charge in [0.25, 0.3) is 0 Å². The van der Waals surface area contributed by atoms with Gasteiger partial charge in [-0.15, -0.1) is 0 Å². The van der Waals surface area contributed by atoms with Crippen LogP contribution < -0.4 is 4.90 Å². The van der Waals surface area contributed by atoms with Crippen molar-refractivity contribution in [3.8, 4) is 6.07 Å². The summed E-state index contributed by atoms with van der Waals surface area (Å²) >= 11 is 0. The first-order valence-electron chi connectivity index (χ1n) is 13.3. The molecule has 0 radical (unpaired) electrons. The maximum absolute atomic E-state index is 14.3. The zero-order valence-corrected chi connectivity index (χ0v) is 20.5. The van der Waals surface area contributed by atoms with Gasteiger partial charge in [-0.3, -0.25) is 9.48 Å². The van der Waals surface area contributed by atoms with Crippen molar-refractivity contribution >= 4 is 11.6 Å². The van der Waals surface area contributed by atoms with Crippen molar-refractivity contribution in [2.75, 3.05) is 11.4 Å². The molecule has 5 nitrogen and oxygen atoms in total. The van der Waals surface area contributed by atoms with Crippen LogP contribution in [0.2, 0.25) is 0 Å². The molecule has 7 saturated carbocycles. The number of halogens is 1. The lowest BCUT2D eigenvalue weighted by atomic mass is 9.41. The third-order valence-corrected chi connectivity index (χ3v) is 10.3. The normalized spacial score (nSPS) is 36.7. The first kappa shape index (κ1) is 21.6. The van der Waals surface area contributed by atoms with Crippen LogP contribution >= 0.6 is 0 Å². The van der Waals surface area contributed by atoms with E-state index in [0.29, 0.717) is 37.3 Å². The van der Waals surface area contributed by atoms with Gasteiger partial charge in [-0.25, -0.2) is 4.39 Å². The Kier molecular flexibility index (Phi) is 4.29. The van der Waals surface area contributed by atoms with Gasteiger partial charge in [0.2, 0.25) is 5.91 Å². The van der Waals surface area contributed by atoms with Crippen LogP contribution in [0.1, 0.15) is 93.5 Å². The van der Waals surface area contributed by atoms with Gasteiger partial charge in [0.05, 0.1) is 22.7 Å². The molecule has 1 aromatic carbocycles. The predicted molar refractivity (Wildman–Crippen MR) is 131 cm³/mol. The highest BCUT2D eigenvalue weighted by atomic mass is 19.1. The first-order chi connectivity index (χ1) is 16.8. The second kappa shape index (κ2) is 6.96. The molecule has 2 aromatic rings. The maximum atomic E-state index is 14.3. The summed E-state index contributed by atoms with van der Waals surface area (Å²) in [5.41, 5.74) is 2.68. The summed E-state index contributed by atoms with van der Waals surface area (Å²) in [7, 11) is 2.09. The fourth-order valence-corrected chi connectivity index (χ4v) is 7.92. The lowest BCUT2D eigenvalue weighted by molar-refractivity contribution is -0.211. The zero-order valence-electron chi connectivity index (χ0n) is 20.5. The van der Waals surface area contributed by atoms with Crippen LogP contribution in [-0.2, 0) is 17.3 Å². The van der Waals surface area contributed by atoms with E-state index in [0.717, 1.165) is 44.2 Å². The van der Waals surface area contributed by atoms with E-state index < -0.39 is 11.1 Å². The summed E-state index contributed by atoms with van der Waals surface area (Å²) < 4.78 is 16.4. The molecule has 0 spiro atoms. The topological polar surface area (TPSA) is 61.9 Å². The molecule has 0 N–H and O–H groups in total. The molecule has 35 heavy (non-hydrogen) atoms. The standard InChI is InChI=1S/C29H33FN4O/c1-33-23(21-5-6-21)14-24(32-33)27-10-7-26(8-11-27,9-12-27)19-34(22-4-2-3-20(13-22)15-31)25(35)28-16-29(30,17-28)18-28/h2-4,13-14,21H,5-12,16-19H2,1H3. The predicted octanol–water partition coefficient (Wildman–Crippen LogP) is 5.69. The highest BCUT2D eigenvalue weighted by Gasteiger charge is 2.73. The molecule has 182 valence electrons. The zero-order chi connectivity index (χ0) is 24.1. The maximum Gasteiger partial charge on any atom is 0.233 e. The number of aryl methyl sites for hydroxylation is 1. The highest BCUT2D eigenvalue weighted by Crippen LogP contribution is 2.70. The number of aromatic nitrogens is 2. The smallest absolute Gasteiger partial charge is 0.233 e. The van der Waals surface area contributed by atoms with Gasteiger partial charge >= 0.3 is 0 Å². The van der Waals surface area contributed by atoms with Gasteiger partial charge in [-0.05, 0) is 100 Å². The van der Waals surface area contributed by atoms with Crippen molar-refractivity contribution in [2.45, 2.75) is 87.6 Å². The van der Waals surface area contributed by atoms with Gasteiger partial charge in [-0.2, -0.15) is 10.4 Å². The summed E-state index contributed by atoms with van der Waals surface area (Å²) in [4.78, 5) is 15.8. The summed E-state index contributed by atoms with van der Waals surface area (Å²) in [5, 5.41) is 14.4. The molecule has 7 aliphatic carbocycles. The Hall–Kier alpha value is -2.68. The quantitative estimate of drug-likeness (QED) is 0.543. The van der Waals surface area contributed by atoms with E-state index >= 15 is 0 Å². The van der Waals surface area contributed by atoms with Gasteiger partial charge in [0.15, 0.2) is 0 Å². The number of fused-ring (bicyclic) bond motifs is 3. The van der Waals surface area contributed by atoms with Gasteiger partial charge in [0, 0.05) is 36.3 Å². The van der Waals surface area contributed by atoms with E-state index in [1.807, 2.05) is 23.1 Å². The number of amides is 1. The minimum atomic E-state index is -1.11. The molecule has 0 aliphatic heterocycles. The Morgan fingerprint density at radius 1 is 1.14 bits per heavy atom. The number of anilines is 1. The van der Waals surface area contributed by atoms with E-state index in [1.165, 1.54) is 24.2 Å². The number of rotatable bonds is 6. The van der Waals surface area contributed by atoms with Gasteiger partial charge in [-0.1, -0.05) is 6.07 Å². The SMILES string of the molecule is Cn1nc(C23CCC(CN(C(=O)C45CC(F)(C4)C5)c4cccc(C#N)c4)(CC2)CC3)cc1C1CC1. The van der Waals surface area contributed by atoms with Gasteiger partial charge in [0.1, 0.15) is 5.67 Å². The monoisotopic (exact) mass is 472 g/mol. The Labute approximate surface area is 206 Å². The van der Waals surface area contributed by atoms with Crippen molar-refractivity contribution in [1.82, 2.24) is 9.78 Å². The first-order valence-corrected chi connectivity index (χ1v) is 13.3. The molecule has 7 aliphatic rings. The Bertz CT molecular complexity index is 1220. The summed E-state index contributed by atoms with van der Waals surface area (Å²) in [5.74, 6) is 0.774. The number of nitriles is 1. The molecule has 1 heterocycles. The minimum Gasteiger partial charge on any atom is -0.311 e. The highest BCUT2D eigenvalue weighted by molar-refractivity contribution is 6.00. The number of nitrogens with zero attached hydrogens (tertiary/aromatic N) is 4. The molecule has 9 rings (SSSR count). The Morgan fingerprint density at radius 2 is 1.83 bits per heavy atom. The summed E-state index contributed by atoms with van der Waals surface area (Å²) in [6.45, 7) is 0.674. The average Bonchev–Trinajstić information content (AvgIpc) is 3.61. The second-order valence-corrected chi connectivity index (χ2v) is 12.6. The molecule has 4 bridgehead atoms. The van der Waals surface area contributed by atoms with Gasteiger partial charge < -0.3 is 4.90 Å². The summed E-state index contributed by atoms with van der Waals surface area (Å²) in [6.07, 6.45) is 10.3. The summed E-state index contributed by atoms with van der Waals surface area (Å²) in [6, 6.07) is 12.0. The molecule has 1 amide bonds. The number of alkyl halides is 1. The van der Waals surface area contributed by atoms with Crippen molar-refractivity contribution in [2.24, 2.45) is 17.9 Å². The van der Waals surface area contributed by atoms with Crippen LogP contribution in [0.15, 0.2) is 30.3 Å². The van der Waals surface area contributed by atoms with Crippen molar-refractivity contribution < 1.29 is 9.18 Å². The fourth-order valence-electron chi connectivity index (χ4n) is 7.92. The number of benzene rings is 1. The van der Waals surface area contributed by atoms with Crippen LogP contribution in [0.3, 0.4) is 0 Å². The molecule has 6 heteroatoms. The lowest BCUT2D eigenvalue weighted by Crippen LogP contribution is -2.71. The molecule has 0 atom stereocenters.